The van der Waals surface area contributed by atoms with Gasteiger partial charge in [0, 0.05) is 18.8 Å². The number of unbranched alkanes of at least 4 members (excludes halogenated alkanes) is 4. The number of hydrogen-bond acceptors (Lipinski definition) is 2. The molecule has 0 saturated heterocycles. The van der Waals surface area contributed by atoms with Gasteiger partial charge in [0.1, 0.15) is 5.82 Å². The van der Waals surface area contributed by atoms with Gasteiger partial charge in [-0.2, -0.15) is 0 Å². The highest BCUT2D eigenvalue weighted by molar-refractivity contribution is 5.14. The van der Waals surface area contributed by atoms with Gasteiger partial charge in [0.25, 0.3) is 0 Å². The van der Waals surface area contributed by atoms with Crippen molar-refractivity contribution in [1.29, 1.82) is 0 Å². The van der Waals surface area contributed by atoms with Gasteiger partial charge in [0.15, 0.2) is 0 Å². The maximum atomic E-state index is 4.61. The molecular weight excluding hydrogens is 280 g/mol. The van der Waals surface area contributed by atoms with Gasteiger partial charge in [-0.3, -0.25) is 0 Å². The van der Waals surface area contributed by atoms with E-state index >= 15 is 0 Å². The molecule has 0 aromatic carbocycles. The van der Waals surface area contributed by atoms with Crippen LogP contribution in [0.1, 0.15) is 90.4 Å². The first kappa shape index (κ1) is 19.9. The van der Waals surface area contributed by atoms with Crippen LogP contribution in [-0.2, 0) is 12.8 Å². The molecule has 2 nitrogen and oxygen atoms in total. The van der Waals surface area contributed by atoms with Crippen molar-refractivity contribution in [3.8, 4) is 0 Å². The van der Waals surface area contributed by atoms with Gasteiger partial charge < -0.3 is 0 Å². The van der Waals surface area contributed by atoms with E-state index in [4.69, 9.17) is 0 Å². The molecule has 2 heteroatoms. The summed E-state index contributed by atoms with van der Waals surface area (Å²) in [6.07, 6.45) is 18.6. The zero-order valence-electron chi connectivity index (χ0n) is 15.8. The molecule has 1 aromatic heterocycles. The normalized spacial score (nSPS) is 13.3. The molecule has 0 aliphatic carbocycles. The lowest BCUT2D eigenvalue weighted by Crippen LogP contribution is -2.06. The molecule has 0 N–H and O–H groups in total. The third-order valence-electron chi connectivity index (χ3n) is 4.51. The summed E-state index contributed by atoms with van der Waals surface area (Å²) in [6, 6.07) is 0. The first-order chi connectivity index (χ1) is 11.2. The smallest absolute Gasteiger partial charge is 0.132 e. The Morgan fingerprint density at radius 1 is 1.00 bits per heavy atom. The molecule has 130 valence electrons. The second kappa shape index (κ2) is 12.3. The van der Waals surface area contributed by atoms with Crippen molar-refractivity contribution in [3.05, 3.63) is 35.4 Å². The Kier molecular flexibility index (Phi) is 10.6. The van der Waals surface area contributed by atoms with E-state index in [1.165, 1.54) is 62.5 Å². The summed E-state index contributed by atoms with van der Waals surface area (Å²) in [5.74, 6) is 1.63. The van der Waals surface area contributed by atoms with E-state index in [0.717, 1.165) is 18.7 Å². The summed E-state index contributed by atoms with van der Waals surface area (Å²) in [7, 11) is 0. The van der Waals surface area contributed by atoms with E-state index in [1.807, 2.05) is 12.4 Å². The molecule has 0 bridgehead atoms. The minimum absolute atomic E-state index is 0.650. The molecule has 0 saturated carbocycles. The Morgan fingerprint density at radius 3 is 2.30 bits per heavy atom. The van der Waals surface area contributed by atoms with Gasteiger partial charge in [-0.1, -0.05) is 71.4 Å². The second-order valence-corrected chi connectivity index (χ2v) is 6.75. The Hall–Kier alpha value is -1.18. The minimum atomic E-state index is 0.650. The second-order valence-electron chi connectivity index (χ2n) is 6.75. The quantitative estimate of drug-likeness (QED) is 0.334. The minimum Gasteiger partial charge on any atom is -0.241 e. The van der Waals surface area contributed by atoms with Crippen molar-refractivity contribution >= 4 is 0 Å². The highest BCUT2D eigenvalue weighted by Crippen LogP contribution is 2.22. The van der Waals surface area contributed by atoms with E-state index in [9.17, 15) is 0 Å². The fourth-order valence-corrected chi connectivity index (χ4v) is 2.83. The summed E-state index contributed by atoms with van der Waals surface area (Å²) < 4.78 is 0. The summed E-state index contributed by atoms with van der Waals surface area (Å²) >= 11 is 0. The zero-order valence-corrected chi connectivity index (χ0v) is 15.8. The van der Waals surface area contributed by atoms with Crippen LogP contribution in [0.15, 0.2) is 24.0 Å². The predicted molar refractivity (Wildman–Crippen MR) is 101 cm³/mol. The molecule has 0 radical (unpaired) electrons. The fourth-order valence-electron chi connectivity index (χ4n) is 2.83. The van der Waals surface area contributed by atoms with Gasteiger partial charge in [0.2, 0.25) is 0 Å². The van der Waals surface area contributed by atoms with Gasteiger partial charge in [-0.25, -0.2) is 9.97 Å². The van der Waals surface area contributed by atoms with Crippen molar-refractivity contribution in [2.45, 2.75) is 91.9 Å². The topological polar surface area (TPSA) is 25.8 Å². The van der Waals surface area contributed by atoms with E-state index < -0.39 is 0 Å². The van der Waals surface area contributed by atoms with Gasteiger partial charge in [0.05, 0.1) is 0 Å². The summed E-state index contributed by atoms with van der Waals surface area (Å²) in [6.45, 7) is 9.11. The van der Waals surface area contributed by atoms with E-state index in [-0.39, 0.29) is 0 Å². The highest BCUT2D eigenvalue weighted by Gasteiger charge is 2.11. The van der Waals surface area contributed by atoms with Crippen molar-refractivity contribution in [3.63, 3.8) is 0 Å². The van der Waals surface area contributed by atoms with Crippen LogP contribution in [0.4, 0.5) is 0 Å². The number of aryl methyl sites for hydroxylation is 1. The Labute approximate surface area is 143 Å². The van der Waals surface area contributed by atoms with Crippen LogP contribution in [0.5, 0.6) is 0 Å². The third-order valence-corrected chi connectivity index (χ3v) is 4.51. The molecular formula is C21H36N2. The average Bonchev–Trinajstić information content (AvgIpc) is 2.58. The Bertz CT molecular complexity index is 434. The van der Waals surface area contributed by atoms with Crippen LogP contribution in [0.3, 0.4) is 0 Å². The van der Waals surface area contributed by atoms with Crippen molar-refractivity contribution in [2.24, 2.45) is 5.92 Å². The van der Waals surface area contributed by atoms with Crippen LogP contribution in [0.2, 0.25) is 0 Å². The largest absolute Gasteiger partial charge is 0.241 e. The number of hydrogen-bond donors (Lipinski definition) is 0. The average molecular weight is 317 g/mol. The monoisotopic (exact) mass is 316 g/mol. The lowest BCUT2D eigenvalue weighted by Gasteiger charge is -2.16. The first-order valence-corrected chi connectivity index (χ1v) is 9.69. The highest BCUT2D eigenvalue weighted by atomic mass is 14.9. The Balaban J connectivity index is 2.65. The van der Waals surface area contributed by atoms with Crippen LogP contribution < -0.4 is 0 Å². The lowest BCUT2D eigenvalue weighted by atomic mass is 9.91. The van der Waals surface area contributed by atoms with Crippen LogP contribution in [0.25, 0.3) is 0 Å². The van der Waals surface area contributed by atoms with Crippen LogP contribution in [-0.4, -0.2) is 9.97 Å². The van der Waals surface area contributed by atoms with Crippen molar-refractivity contribution < 1.29 is 0 Å². The molecule has 23 heavy (non-hydrogen) atoms. The maximum Gasteiger partial charge on any atom is 0.132 e. The van der Waals surface area contributed by atoms with E-state index in [2.05, 4.69) is 43.7 Å². The lowest BCUT2D eigenvalue weighted by molar-refractivity contribution is 0.541. The standard InChI is InChI=1S/C21H36N2/c1-5-8-11-12-18(4)20(14-10-7-3)15-21-22-16-19(17-23-21)13-9-6-2/h14,16-18H,5-13,15H2,1-4H3/b20-14-. The Morgan fingerprint density at radius 2 is 1.70 bits per heavy atom. The number of rotatable bonds is 12. The first-order valence-electron chi connectivity index (χ1n) is 9.69. The fraction of sp³-hybridized carbons (Fsp3) is 0.714. The molecule has 0 amide bonds. The van der Waals surface area contributed by atoms with Crippen molar-refractivity contribution in [1.82, 2.24) is 9.97 Å². The molecule has 0 aliphatic heterocycles. The summed E-state index contributed by atoms with van der Waals surface area (Å²) in [5, 5.41) is 0. The van der Waals surface area contributed by atoms with Crippen LogP contribution >= 0.6 is 0 Å². The molecule has 0 aliphatic rings. The molecule has 1 rings (SSSR count). The molecule has 1 atom stereocenters. The maximum absolute atomic E-state index is 4.61. The van der Waals surface area contributed by atoms with Crippen molar-refractivity contribution in [2.75, 3.05) is 0 Å². The summed E-state index contributed by atoms with van der Waals surface area (Å²) in [4.78, 5) is 9.21. The number of aromatic nitrogens is 2. The zero-order chi connectivity index (χ0) is 16.9. The van der Waals surface area contributed by atoms with Gasteiger partial charge in [-0.05, 0) is 37.2 Å². The van der Waals surface area contributed by atoms with Gasteiger partial charge >= 0.3 is 0 Å². The van der Waals surface area contributed by atoms with Crippen LogP contribution in [0, 0.1) is 5.92 Å². The number of nitrogens with zero attached hydrogens (tertiary/aromatic N) is 2. The SMILES string of the molecule is CCC/C=C(/Cc1ncc(CCCC)cn1)C(C)CCCCC. The molecule has 1 unspecified atom stereocenters. The molecule has 1 heterocycles. The summed E-state index contributed by atoms with van der Waals surface area (Å²) in [5.41, 5.74) is 2.80. The van der Waals surface area contributed by atoms with E-state index in [0.29, 0.717) is 5.92 Å². The predicted octanol–water partition coefficient (Wildman–Crippen LogP) is 6.30. The number of allylic oxidation sites excluding steroid dienone is 2. The third kappa shape index (κ3) is 8.29. The molecule has 1 aromatic rings. The molecule has 0 fully saturated rings. The van der Waals surface area contributed by atoms with Gasteiger partial charge in [-0.15, -0.1) is 0 Å². The van der Waals surface area contributed by atoms with E-state index in [1.54, 1.807) is 0 Å². The molecule has 0 spiro atoms.